The van der Waals surface area contributed by atoms with Gasteiger partial charge in [-0.2, -0.15) is 13.2 Å². The number of carbonyl (C=O) groups excluding carboxylic acids is 1. The number of thioether (sulfide) groups is 1. The van der Waals surface area contributed by atoms with Gasteiger partial charge >= 0.3 is 12.1 Å². The lowest BCUT2D eigenvalue weighted by Gasteiger charge is -2.07. The Labute approximate surface area is 157 Å². The van der Waals surface area contributed by atoms with E-state index in [1.54, 1.807) is 19.1 Å². The van der Waals surface area contributed by atoms with Gasteiger partial charge in [-0.15, -0.1) is 0 Å². The summed E-state index contributed by atoms with van der Waals surface area (Å²) >= 11 is 1.25. The molecule has 1 aliphatic rings. The fraction of sp³-hybridized carbons (Fsp3) is 0.278. The van der Waals surface area contributed by atoms with E-state index in [1.165, 1.54) is 23.9 Å². The van der Waals surface area contributed by atoms with Crippen LogP contribution in [0, 0.1) is 0 Å². The number of anilines is 1. The maximum Gasteiger partial charge on any atom is 0.416 e. The van der Waals surface area contributed by atoms with Gasteiger partial charge in [0, 0.05) is 12.0 Å². The number of alkyl halides is 3. The average Bonchev–Trinajstić information content (AvgIpc) is 3.03. The Kier molecular flexibility index (Phi) is 5.41. The van der Waals surface area contributed by atoms with Crippen molar-refractivity contribution in [2.45, 2.75) is 29.8 Å². The second-order valence-corrected chi connectivity index (χ2v) is 6.96. The summed E-state index contributed by atoms with van der Waals surface area (Å²) in [6.07, 6.45) is -0.921. The zero-order valence-electron chi connectivity index (χ0n) is 14.3. The van der Waals surface area contributed by atoms with Gasteiger partial charge in [-0.3, -0.25) is 4.79 Å². The predicted molar refractivity (Wildman–Crippen MR) is 96.8 cm³/mol. The third-order valence-corrected chi connectivity index (χ3v) is 5.06. The molecule has 2 heterocycles. The Balaban J connectivity index is 1.88. The Hall–Kier alpha value is -2.55. The lowest BCUT2D eigenvalue weighted by atomic mass is 10.1. The van der Waals surface area contributed by atoms with Gasteiger partial charge in [-0.25, -0.2) is 9.97 Å². The van der Waals surface area contributed by atoms with Crippen LogP contribution in [0.25, 0.3) is 12.2 Å². The molecule has 3 rings (SSSR count). The molecule has 1 aliphatic heterocycles. The predicted octanol–water partition coefficient (Wildman–Crippen LogP) is 3.83. The summed E-state index contributed by atoms with van der Waals surface area (Å²) in [6.45, 7) is 2.01. The number of benzene rings is 1. The van der Waals surface area contributed by atoms with Gasteiger partial charge in [0.05, 0.1) is 17.9 Å². The number of aromatic nitrogens is 2. The zero-order chi connectivity index (χ0) is 19.6. The smallest absolute Gasteiger partial charge is 0.416 e. The molecular weight excluding hydrogens is 379 g/mol. The first-order valence-electron chi connectivity index (χ1n) is 8.13. The zero-order valence-corrected chi connectivity index (χ0v) is 15.1. The molecule has 0 saturated heterocycles. The standard InChI is InChI=1S/C18H16F3N3O2S/c1-2-26-16(25)14-9-12-13(23-17(22)24-15(12)27-14)7-6-10-4-3-5-11(8-10)18(19,20)21/h3-8,14H,2,9H2,1H3,(H2,22,23,24)/b7-6+. The number of ether oxygens (including phenoxy) is 1. The number of rotatable bonds is 4. The van der Waals surface area contributed by atoms with Crippen molar-refractivity contribution in [1.29, 1.82) is 0 Å². The first kappa shape index (κ1) is 19.2. The van der Waals surface area contributed by atoms with Crippen molar-refractivity contribution in [2.24, 2.45) is 0 Å². The number of fused-ring (bicyclic) bond motifs is 1. The van der Waals surface area contributed by atoms with Crippen LogP contribution in [0.5, 0.6) is 0 Å². The van der Waals surface area contributed by atoms with Crippen molar-refractivity contribution in [2.75, 3.05) is 12.3 Å². The highest BCUT2D eigenvalue weighted by atomic mass is 32.2. The summed E-state index contributed by atoms with van der Waals surface area (Å²) in [5.41, 5.74) is 6.59. The van der Waals surface area contributed by atoms with E-state index in [0.29, 0.717) is 22.7 Å². The molecule has 5 nitrogen and oxygen atoms in total. The van der Waals surface area contributed by atoms with Crippen molar-refractivity contribution in [1.82, 2.24) is 9.97 Å². The first-order valence-corrected chi connectivity index (χ1v) is 9.01. The molecule has 2 aromatic rings. The molecule has 1 unspecified atom stereocenters. The fourth-order valence-corrected chi connectivity index (χ4v) is 3.81. The highest BCUT2D eigenvalue weighted by molar-refractivity contribution is 8.00. The largest absolute Gasteiger partial charge is 0.465 e. The van der Waals surface area contributed by atoms with E-state index in [9.17, 15) is 18.0 Å². The third kappa shape index (κ3) is 4.41. The van der Waals surface area contributed by atoms with Crippen LogP contribution in [0.1, 0.15) is 29.3 Å². The Morgan fingerprint density at radius 1 is 1.37 bits per heavy atom. The topological polar surface area (TPSA) is 78.1 Å². The maximum absolute atomic E-state index is 12.8. The van der Waals surface area contributed by atoms with E-state index in [-0.39, 0.29) is 18.5 Å². The van der Waals surface area contributed by atoms with Gasteiger partial charge in [0.1, 0.15) is 10.3 Å². The number of carbonyl (C=O) groups is 1. The highest BCUT2D eigenvalue weighted by Gasteiger charge is 2.33. The van der Waals surface area contributed by atoms with Gasteiger partial charge in [-0.1, -0.05) is 30.0 Å². The summed E-state index contributed by atoms with van der Waals surface area (Å²) in [5, 5.41) is 0.154. The van der Waals surface area contributed by atoms with Crippen LogP contribution in [0.4, 0.5) is 19.1 Å². The Morgan fingerprint density at radius 2 is 2.15 bits per heavy atom. The Morgan fingerprint density at radius 3 is 2.85 bits per heavy atom. The number of hydrogen-bond acceptors (Lipinski definition) is 6. The quantitative estimate of drug-likeness (QED) is 0.626. The minimum Gasteiger partial charge on any atom is -0.465 e. The Bertz CT molecular complexity index is 900. The van der Waals surface area contributed by atoms with Crippen LogP contribution in [-0.4, -0.2) is 27.8 Å². The van der Waals surface area contributed by atoms with Crippen LogP contribution in [0.15, 0.2) is 29.3 Å². The summed E-state index contributed by atoms with van der Waals surface area (Å²) in [5.74, 6) is -0.304. The third-order valence-electron chi connectivity index (χ3n) is 3.86. The molecule has 0 aliphatic carbocycles. The summed E-state index contributed by atoms with van der Waals surface area (Å²) in [7, 11) is 0. The first-order chi connectivity index (χ1) is 12.8. The molecule has 0 radical (unpaired) electrons. The van der Waals surface area contributed by atoms with Gasteiger partial charge in [0.25, 0.3) is 0 Å². The molecule has 0 spiro atoms. The van der Waals surface area contributed by atoms with Crippen LogP contribution in [-0.2, 0) is 22.1 Å². The molecule has 1 atom stereocenters. The SMILES string of the molecule is CCOC(=O)C1Cc2c(/C=C/c3cccc(C(F)(F)F)c3)nc(N)nc2S1. The monoisotopic (exact) mass is 395 g/mol. The average molecular weight is 395 g/mol. The number of nitrogens with zero attached hydrogens (tertiary/aromatic N) is 2. The van der Waals surface area contributed by atoms with Crippen molar-refractivity contribution in [3.8, 4) is 0 Å². The summed E-state index contributed by atoms with van der Waals surface area (Å²) in [4.78, 5) is 20.3. The number of halogens is 3. The van der Waals surface area contributed by atoms with Gasteiger partial charge in [0.15, 0.2) is 0 Å². The molecule has 0 bridgehead atoms. The number of nitrogens with two attached hydrogens (primary N) is 1. The summed E-state index contributed by atoms with van der Waals surface area (Å²) in [6, 6.07) is 4.97. The van der Waals surface area contributed by atoms with Crippen molar-refractivity contribution >= 4 is 35.8 Å². The molecule has 0 amide bonds. The van der Waals surface area contributed by atoms with Gasteiger partial charge in [-0.05, 0) is 30.7 Å². The van der Waals surface area contributed by atoms with Gasteiger partial charge < -0.3 is 10.5 Å². The molecule has 2 N–H and O–H groups in total. The van der Waals surface area contributed by atoms with Crippen LogP contribution >= 0.6 is 11.8 Å². The number of nitrogen functional groups attached to an aromatic ring is 1. The molecule has 0 saturated carbocycles. The maximum atomic E-state index is 12.8. The molecule has 1 aromatic carbocycles. The van der Waals surface area contributed by atoms with E-state index < -0.39 is 17.0 Å². The number of hydrogen-bond donors (Lipinski definition) is 1. The second kappa shape index (κ2) is 7.59. The molecule has 27 heavy (non-hydrogen) atoms. The highest BCUT2D eigenvalue weighted by Crippen LogP contribution is 2.38. The van der Waals surface area contributed by atoms with Crippen molar-refractivity contribution in [3.05, 3.63) is 46.6 Å². The molecule has 9 heteroatoms. The van der Waals surface area contributed by atoms with E-state index in [2.05, 4.69) is 9.97 Å². The minimum absolute atomic E-state index is 0.0365. The van der Waals surface area contributed by atoms with E-state index >= 15 is 0 Å². The molecule has 1 aromatic heterocycles. The fourth-order valence-electron chi connectivity index (χ4n) is 2.65. The second-order valence-electron chi connectivity index (χ2n) is 5.77. The lowest BCUT2D eigenvalue weighted by Crippen LogP contribution is -2.19. The van der Waals surface area contributed by atoms with Crippen LogP contribution in [0.2, 0.25) is 0 Å². The lowest BCUT2D eigenvalue weighted by molar-refractivity contribution is -0.142. The molecular formula is C18H16F3N3O2S. The molecule has 142 valence electrons. The van der Waals surface area contributed by atoms with Crippen molar-refractivity contribution < 1.29 is 22.7 Å². The molecule has 0 fully saturated rings. The van der Waals surface area contributed by atoms with Gasteiger partial charge in [0.2, 0.25) is 5.95 Å². The minimum atomic E-state index is -4.41. The van der Waals surface area contributed by atoms with E-state index in [0.717, 1.165) is 17.7 Å². The van der Waals surface area contributed by atoms with E-state index in [4.69, 9.17) is 10.5 Å². The number of esters is 1. The van der Waals surface area contributed by atoms with E-state index in [1.807, 2.05) is 0 Å². The van der Waals surface area contributed by atoms with Crippen LogP contribution in [0.3, 0.4) is 0 Å². The summed E-state index contributed by atoms with van der Waals surface area (Å²) < 4.78 is 43.6. The normalized spacial score (nSPS) is 16.5. The van der Waals surface area contributed by atoms with Crippen molar-refractivity contribution in [3.63, 3.8) is 0 Å². The van der Waals surface area contributed by atoms with Crippen LogP contribution < -0.4 is 5.73 Å².